The van der Waals surface area contributed by atoms with Crippen molar-refractivity contribution in [1.29, 1.82) is 0 Å². The van der Waals surface area contributed by atoms with Crippen LogP contribution < -0.4 is 10.1 Å². The van der Waals surface area contributed by atoms with Gasteiger partial charge in [-0.2, -0.15) is 4.98 Å². The highest BCUT2D eigenvalue weighted by atomic mass is 35.5. The van der Waals surface area contributed by atoms with Crippen molar-refractivity contribution >= 4 is 17.4 Å². The van der Waals surface area contributed by atoms with Crippen molar-refractivity contribution in [3.8, 4) is 6.01 Å². The number of ether oxygens (including phenoxy) is 1. The molecule has 1 N–H and O–H groups in total. The zero-order chi connectivity index (χ0) is 14.3. The maximum absolute atomic E-state index is 6.01. The Bertz CT molecular complexity index is 387. The molecule has 1 rings (SSSR count). The Hall–Kier alpha value is -1.07. The van der Waals surface area contributed by atoms with Crippen LogP contribution in [0.15, 0.2) is 6.20 Å². The van der Waals surface area contributed by atoms with Crippen molar-refractivity contribution in [2.24, 2.45) is 0 Å². The summed E-state index contributed by atoms with van der Waals surface area (Å²) in [6.07, 6.45) is 3.75. The molecule has 0 saturated carbocycles. The lowest BCUT2D eigenvalue weighted by molar-refractivity contribution is 0.269. The van der Waals surface area contributed by atoms with E-state index < -0.39 is 0 Å². The van der Waals surface area contributed by atoms with E-state index in [4.69, 9.17) is 16.3 Å². The van der Waals surface area contributed by atoms with E-state index in [0.717, 1.165) is 25.9 Å². The topological polar surface area (TPSA) is 50.3 Å². The molecule has 0 aromatic carbocycles. The molecule has 108 valence electrons. The fraction of sp³-hybridized carbons (Fsp3) is 0.692. The molecule has 0 saturated heterocycles. The fourth-order valence-corrected chi connectivity index (χ4v) is 1.68. The number of hydrogen-bond donors (Lipinski definition) is 1. The van der Waals surface area contributed by atoms with Gasteiger partial charge in [0.1, 0.15) is 5.02 Å². The van der Waals surface area contributed by atoms with Gasteiger partial charge in [0.05, 0.1) is 13.3 Å². The summed E-state index contributed by atoms with van der Waals surface area (Å²) in [6.45, 7) is 6.34. The Kier molecular flexibility index (Phi) is 6.87. The van der Waals surface area contributed by atoms with E-state index in [9.17, 15) is 0 Å². The van der Waals surface area contributed by atoms with Gasteiger partial charge in [0.25, 0.3) is 0 Å². The molecule has 0 aliphatic rings. The van der Waals surface area contributed by atoms with Gasteiger partial charge in [-0.1, -0.05) is 11.6 Å². The number of nitrogens with one attached hydrogen (secondary N) is 1. The average Bonchev–Trinajstić information content (AvgIpc) is 2.39. The largest absolute Gasteiger partial charge is 0.467 e. The average molecular weight is 287 g/mol. The zero-order valence-corrected chi connectivity index (χ0v) is 12.9. The van der Waals surface area contributed by atoms with Gasteiger partial charge < -0.3 is 15.0 Å². The first-order chi connectivity index (χ1) is 9.04. The molecule has 1 aromatic rings. The van der Waals surface area contributed by atoms with Crippen LogP contribution in [0.1, 0.15) is 26.7 Å². The smallest absolute Gasteiger partial charge is 0.318 e. The highest BCUT2D eigenvalue weighted by molar-refractivity contribution is 6.32. The minimum Gasteiger partial charge on any atom is -0.467 e. The summed E-state index contributed by atoms with van der Waals surface area (Å²) in [6, 6.07) is 0.917. The number of rotatable bonds is 8. The summed E-state index contributed by atoms with van der Waals surface area (Å²) in [4.78, 5) is 10.4. The number of hydrogen-bond acceptors (Lipinski definition) is 5. The van der Waals surface area contributed by atoms with E-state index in [2.05, 4.69) is 41.1 Å². The van der Waals surface area contributed by atoms with Crippen LogP contribution in [0.2, 0.25) is 5.02 Å². The molecule has 0 radical (unpaired) electrons. The SMILES string of the molecule is COc1ncc(Cl)c(NCCCCN(C)C(C)C)n1. The molecule has 19 heavy (non-hydrogen) atoms. The predicted octanol–water partition coefficient (Wildman–Crippen LogP) is 2.67. The van der Waals surface area contributed by atoms with E-state index in [1.165, 1.54) is 7.11 Å². The fourth-order valence-electron chi connectivity index (χ4n) is 1.52. The Morgan fingerprint density at radius 2 is 2.16 bits per heavy atom. The number of methoxy groups -OCH3 is 1. The van der Waals surface area contributed by atoms with Gasteiger partial charge in [-0.3, -0.25) is 0 Å². The van der Waals surface area contributed by atoms with Crippen molar-refractivity contribution < 1.29 is 4.74 Å². The van der Waals surface area contributed by atoms with Crippen LogP contribution in [0.4, 0.5) is 5.82 Å². The van der Waals surface area contributed by atoms with E-state index in [1.807, 2.05) is 0 Å². The van der Waals surface area contributed by atoms with E-state index in [0.29, 0.717) is 22.9 Å². The van der Waals surface area contributed by atoms with E-state index >= 15 is 0 Å². The molecule has 0 unspecified atom stereocenters. The van der Waals surface area contributed by atoms with Crippen LogP contribution in [0.5, 0.6) is 6.01 Å². The molecular formula is C13H23ClN4O. The molecule has 6 heteroatoms. The number of unbranched alkanes of at least 4 members (excludes halogenated alkanes) is 1. The van der Waals surface area contributed by atoms with Gasteiger partial charge in [-0.15, -0.1) is 0 Å². The van der Waals surface area contributed by atoms with Crippen LogP contribution in [0.25, 0.3) is 0 Å². The third-order valence-electron chi connectivity index (χ3n) is 3.02. The molecular weight excluding hydrogens is 264 g/mol. The van der Waals surface area contributed by atoms with E-state index in [-0.39, 0.29) is 0 Å². The zero-order valence-electron chi connectivity index (χ0n) is 12.1. The molecule has 0 aliphatic heterocycles. The first kappa shape index (κ1) is 16.0. The second-order valence-electron chi connectivity index (χ2n) is 4.76. The molecule has 1 aromatic heterocycles. The van der Waals surface area contributed by atoms with Crippen molar-refractivity contribution in [2.75, 3.05) is 32.6 Å². The van der Waals surface area contributed by atoms with Crippen molar-refractivity contribution in [3.63, 3.8) is 0 Å². The lowest BCUT2D eigenvalue weighted by Gasteiger charge is -2.20. The Labute approximate surface area is 120 Å². The van der Waals surface area contributed by atoms with Crippen molar-refractivity contribution in [2.45, 2.75) is 32.7 Å². The van der Waals surface area contributed by atoms with Gasteiger partial charge in [0, 0.05) is 12.6 Å². The molecule has 0 aliphatic carbocycles. The first-order valence-corrected chi connectivity index (χ1v) is 6.93. The number of nitrogens with zero attached hydrogens (tertiary/aromatic N) is 3. The van der Waals surface area contributed by atoms with Gasteiger partial charge >= 0.3 is 6.01 Å². The quantitative estimate of drug-likeness (QED) is 0.745. The lowest BCUT2D eigenvalue weighted by atomic mass is 10.2. The first-order valence-electron chi connectivity index (χ1n) is 6.55. The molecule has 0 atom stereocenters. The summed E-state index contributed by atoms with van der Waals surface area (Å²) in [5.74, 6) is 0.630. The Morgan fingerprint density at radius 3 is 2.79 bits per heavy atom. The highest BCUT2D eigenvalue weighted by Crippen LogP contribution is 2.19. The minimum absolute atomic E-state index is 0.325. The number of anilines is 1. The van der Waals surface area contributed by atoms with Gasteiger partial charge in [0.2, 0.25) is 0 Å². The molecule has 5 nitrogen and oxygen atoms in total. The summed E-state index contributed by atoms with van der Waals surface area (Å²) in [5.41, 5.74) is 0. The monoisotopic (exact) mass is 286 g/mol. The second-order valence-corrected chi connectivity index (χ2v) is 5.17. The molecule has 0 bridgehead atoms. The normalized spacial score (nSPS) is 11.1. The van der Waals surface area contributed by atoms with Gasteiger partial charge in [-0.25, -0.2) is 4.98 Å². The summed E-state index contributed by atoms with van der Waals surface area (Å²) >= 11 is 6.01. The number of halogens is 1. The van der Waals surface area contributed by atoms with Crippen LogP contribution in [-0.4, -0.2) is 48.2 Å². The third-order valence-corrected chi connectivity index (χ3v) is 3.29. The van der Waals surface area contributed by atoms with Crippen LogP contribution in [0, 0.1) is 0 Å². The Balaban J connectivity index is 2.29. The maximum atomic E-state index is 6.01. The van der Waals surface area contributed by atoms with Gasteiger partial charge in [0.15, 0.2) is 5.82 Å². The lowest BCUT2D eigenvalue weighted by Crippen LogP contribution is -2.27. The van der Waals surface area contributed by atoms with Crippen molar-refractivity contribution in [1.82, 2.24) is 14.9 Å². The van der Waals surface area contributed by atoms with Crippen LogP contribution in [0.3, 0.4) is 0 Å². The van der Waals surface area contributed by atoms with Crippen LogP contribution >= 0.6 is 11.6 Å². The maximum Gasteiger partial charge on any atom is 0.318 e. The second kappa shape index (κ2) is 8.17. The molecule has 0 spiro atoms. The van der Waals surface area contributed by atoms with E-state index in [1.54, 1.807) is 6.20 Å². The molecule has 1 heterocycles. The Morgan fingerprint density at radius 1 is 1.42 bits per heavy atom. The third kappa shape index (κ3) is 5.61. The van der Waals surface area contributed by atoms with Crippen LogP contribution in [-0.2, 0) is 0 Å². The summed E-state index contributed by atoms with van der Waals surface area (Å²) in [5, 5.41) is 3.72. The molecule has 0 amide bonds. The molecule has 0 fully saturated rings. The summed E-state index contributed by atoms with van der Waals surface area (Å²) < 4.78 is 4.97. The standard InChI is InChI=1S/C13H23ClN4O/c1-10(2)18(3)8-6-5-7-15-12-11(14)9-16-13(17-12)19-4/h9-10H,5-8H2,1-4H3,(H,15,16,17). The highest BCUT2D eigenvalue weighted by Gasteiger charge is 2.05. The predicted molar refractivity (Wildman–Crippen MR) is 79.1 cm³/mol. The summed E-state index contributed by atoms with van der Waals surface area (Å²) in [7, 11) is 3.68. The number of aromatic nitrogens is 2. The van der Waals surface area contributed by atoms with Crippen molar-refractivity contribution in [3.05, 3.63) is 11.2 Å². The van der Waals surface area contributed by atoms with Gasteiger partial charge in [-0.05, 0) is 40.3 Å². The minimum atomic E-state index is 0.325.